The monoisotopic (exact) mass is 427 g/mol. The molecule has 0 unspecified atom stereocenters. The zero-order chi connectivity index (χ0) is 20.1. The summed E-state index contributed by atoms with van der Waals surface area (Å²) in [5.74, 6) is 0.128. The number of nitrogens with zero attached hydrogens (tertiary/aromatic N) is 2. The predicted molar refractivity (Wildman–Crippen MR) is 106 cm³/mol. The van der Waals surface area contributed by atoms with E-state index in [0.29, 0.717) is 31.0 Å². The number of carbonyl (C=O) groups is 2. The first kappa shape index (κ1) is 21.1. The number of carbonyl (C=O) groups excluding carboxylic acids is 2. The molecule has 2 aliphatic heterocycles. The molecule has 0 radical (unpaired) electrons. The molecular weight excluding hydrogens is 402 g/mol. The van der Waals surface area contributed by atoms with Crippen molar-refractivity contribution in [2.45, 2.75) is 37.0 Å². The van der Waals surface area contributed by atoms with E-state index in [1.54, 1.807) is 17.0 Å². The summed E-state index contributed by atoms with van der Waals surface area (Å²) in [6, 6.07) is 5.99. The molecule has 0 bridgehead atoms. The number of rotatable bonds is 6. The average molecular weight is 428 g/mol. The number of benzene rings is 1. The van der Waals surface area contributed by atoms with E-state index in [2.05, 4.69) is 4.72 Å². The van der Waals surface area contributed by atoms with E-state index in [1.807, 2.05) is 4.90 Å². The van der Waals surface area contributed by atoms with E-state index in [-0.39, 0.29) is 35.6 Å². The first-order valence-electron chi connectivity index (χ1n) is 9.68. The van der Waals surface area contributed by atoms with Gasteiger partial charge in [0, 0.05) is 50.1 Å². The summed E-state index contributed by atoms with van der Waals surface area (Å²) in [5.41, 5.74) is 0. The molecule has 28 heavy (non-hydrogen) atoms. The lowest BCUT2D eigenvalue weighted by Crippen LogP contribution is -2.44. The van der Waals surface area contributed by atoms with Crippen LogP contribution in [0.1, 0.15) is 32.1 Å². The molecule has 0 aromatic heterocycles. The Morgan fingerprint density at radius 2 is 1.75 bits per heavy atom. The lowest BCUT2D eigenvalue weighted by atomic mass is 9.95. The minimum atomic E-state index is -3.69. The number of likely N-dealkylation sites (tertiary alicyclic amines) is 2. The van der Waals surface area contributed by atoms with Crippen LogP contribution in [-0.2, 0) is 19.6 Å². The number of piperidine rings is 1. The van der Waals surface area contributed by atoms with Gasteiger partial charge >= 0.3 is 0 Å². The first-order valence-corrected chi connectivity index (χ1v) is 11.5. The van der Waals surface area contributed by atoms with Crippen LogP contribution in [0.2, 0.25) is 5.02 Å². The zero-order valence-corrected chi connectivity index (χ0v) is 17.3. The molecule has 2 fully saturated rings. The van der Waals surface area contributed by atoms with Crippen molar-refractivity contribution in [1.82, 2.24) is 14.5 Å². The Balaban J connectivity index is 1.43. The molecule has 0 saturated carbocycles. The van der Waals surface area contributed by atoms with Gasteiger partial charge < -0.3 is 9.80 Å². The first-order chi connectivity index (χ1) is 13.4. The molecule has 1 aromatic rings. The van der Waals surface area contributed by atoms with E-state index >= 15 is 0 Å². The Morgan fingerprint density at radius 1 is 1.07 bits per heavy atom. The quantitative estimate of drug-likeness (QED) is 0.750. The van der Waals surface area contributed by atoms with Gasteiger partial charge in [-0.25, -0.2) is 13.1 Å². The highest BCUT2D eigenvalue weighted by Gasteiger charge is 2.31. The molecule has 1 aromatic carbocycles. The van der Waals surface area contributed by atoms with Gasteiger partial charge in [-0.1, -0.05) is 17.7 Å². The van der Waals surface area contributed by atoms with E-state index in [1.165, 1.54) is 12.1 Å². The molecule has 1 N–H and O–H groups in total. The molecule has 0 aliphatic carbocycles. The van der Waals surface area contributed by atoms with E-state index in [4.69, 9.17) is 11.6 Å². The third kappa shape index (κ3) is 5.24. The van der Waals surface area contributed by atoms with Gasteiger partial charge in [0.15, 0.2) is 0 Å². The second-order valence-electron chi connectivity index (χ2n) is 7.29. The van der Waals surface area contributed by atoms with Crippen LogP contribution in [-0.4, -0.2) is 62.8 Å². The van der Waals surface area contributed by atoms with Crippen molar-refractivity contribution in [3.63, 3.8) is 0 Å². The Labute approximate surface area is 171 Å². The summed E-state index contributed by atoms with van der Waals surface area (Å²) in [4.78, 5) is 28.6. The maximum atomic E-state index is 12.5. The van der Waals surface area contributed by atoms with E-state index in [0.717, 1.165) is 25.9 Å². The van der Waals surface area contributed by atoms with Gasteiger partial charge in [0.05, 0.1) is 4.90 Å². The van der Waals surface area contributed by atoms with Crippen LogP contribution < -0.4 is 4.72 Å². The number of halogens is 1. The number of nitrogens with one attached hydrogen (secondary N) is 1. The van der Waals surface area contributed by atoms with Crippen molar-refractivity contribution >= 4 is 33.4 Å². The van der Waals surface area contributed by atoms with Crippen LogP contribution in [0.3, 0.4) is 0 Å². The van der Waals surface area contributed by atoms with Crippen molar-refractivity contribution in [2.24, 2.45) is 5.92 Å². The van der Waals surface area contributed by atoms with Crippen molar-refractivity contribution in [1.29, 1.82) is 0 Å². The lowest BCUT2D eigenvalue weighted by Gasteiger charge is -2.33. The molecule has 2 amide bonds. The van der Waals surface area contributed by atoms with Crippen LogP contribution in [0.5, 0.6) is 0 Å². The van der Waals surface area contributed by atoms with Crippen LogP contribution >= 0.6 is 11.6 Å². The smallest absolute Gasteiger partial charge is 0.240 e. The normalized spacial score (nSPS) is 18.5. The van der Waals surface area contributed by atoms with Gasteiger partial charge in [-0.15, -0.1) is 0 Å². The number of hydrogen-bond donors (Lipinski definition) is 1. The highest BCUT2D eigenvalue weighted by atomic mass is 35.5. The summed E-state index contributed by atoms with van der Waals surface area (Å²) in [6.45, 7) is 2.82. The summed E-state index contributed by atoms with van der Waals surface area (Å²) in [5, 5.41) is 0.338. The average Bonchev–Trinajstić information content (AvgIpc) is 3.22. The molecule has 154 valence electrons. The summed E-state index contributed by atoms with van der Waals surface area (Å²) >= 11 is 5.83. The van der Waals surface area contributed by atoms with Crippen LogP contribution in [0.15, 0.2) is 29.2 Å². The van der Waals surface area contributed by atoms with Gasteiger partial charge in [0.1, 0.15) is 0 Å². The maximum absolute atomic E-state index is 12.5. The van der Waals surface area contributed by atoms with Gasteiger partial charge in [0.2, 0.25) is 21.8 Å². The highest BCUT2D eigenvalue weighted by Crippen LogP contribution is 2.22. The van der Waals surface area contributed by atoms with Crippen LogP contribution in [0, 0.1) is 5.92 Å². The topological polar surface area (TPSA) is 86.8 Å². The molecule has 3 rings (SSSR count). The van der Waals surface area contributed by atoms with Crippen LogP contribution in [0.25, 0.3) is 0 Å². The molecule has 0 spiro atoms. The summed E-state index contributed by atoms with van der Waals surface area (Å²) < 4.78 is 26.9. The predicted octanol–water partition coefficient (Wildman–Crippen LogP) is 1.87. The van der Waals surface area contributed by atoms with E-state index in [9.17, 15) is 18.0 Å². The fourth-order valence-corrected chi connectivity index (χ4v) is 5.07. The zero-order valence-electron chi connectivity index (χ0n) is 15.8. The number of hydrogen-bond acceptors (Lipinski definition) is 4. The molecular formula is C19H26ClN3O4S. The summed E-state index contributed by atoms with van der Waals surface area (Å²) in [6.07, 6.45) is 3.59. The molecule has 2 aliphatic rings. The Kier molecular flexibility index (Phi) is 6.95. The van der Waals surface area contributed by atoms with Crippen LogP contribution in [0.4, 0.5) is 0 Å². The minimum absolute atomic E-state index is 0.00322. The lowest BCUT2D eigenvalue weighted by molar-refractivity contribution is -0.140. The van der Waals surface area contributed by atoms with Gasteiger partial charge in [-0.3, -0.25) is 9.59 Å². The SMILES string of the molecule is O=C(CCNS(=O)(=O)c1cccc(Cl)c1)N1CCC(C(=O)N2CCCC2)CC1. The highest BCUT2D eigenvalue weighted by molar-refractivity contribution is 7.89. The Morgan fingerprint density at radius 3 is 2.39 bits per heavy atom. The van der Waals surface area contributed by atoms with Gasteiger partial charge in [0.25, 0.3) is 0 Å². The molecule has 0 atom stereocenters. The fourth-order valence-electron chi connectivity index (χ4n) is 3.74. The molecule has 2 heterocycles. The minimum Gasteiger partial charge on any atom is -0.343 e. The third-order valence-corrected chi connectivity index (χ3v) is 7.05. The second-order valence-corrected chi connectivity index (χ2v) is 9.50. The second kappa shape index (κ2) is 9.24. The fraction of sp³-hybridized carbons (Fsp3) is 0.579. The van der Waals surface area contributed by atoms with Gasteiger partial charge in [-0.05, 0) is 43.9 Å². The van der Waals surface area contributed by atoms with Crippen molar-refractivity contribution in [3.05, 3.63) is 29.3 Å². The Hall–Kier alpha value is -1.64. The maximum Gasteiger partial charge on any atom is 0.240 e. The van der Waals surface area contributed by atoms with Crippen molar-refractivity contribution in [3.8, 4) is 0 Å². The Bertz CT molecular complexity index is 816. The molecule has 9 heteroatoms. The van der Waals surface area contributed by atoms with Crippen molar-refractivity contribution in [2.75, 3.05) is 32.7 Å². The molecule has 7 nitrogen and oxygen atoms in total. The summed E-state index contributed by atoms with van der Waals surface area (Å²) in [7, 11) is -3.69. The number of amides is 2. The third-order valence-electron chi connectivity index (χ3n) is 5.35. The van der Waals surface area contributed by atoms with Crippen molar-refractivity contribution < 1.29 is 18.0 Å². The van der Waals surface area contributed by atoms with E-state index < -0.39 is 10.0 Å². The van der Waals surface area contributed by atoms with Gasteiger partial charge in [-0.2, -0.15) is 0 Å². The number of sulfonamides is 1. The standard InChI is InChI=1S/C19H26ClN3O4S/c20-16-4-3-5-17(14-16)28(26,27)21-9-6-18(24)22-12-7-15(8-13-22)19(25)23-10-1-2-11-23/h3-5,14-15,21H,1-2,6-13H2. The molecule has 2 saturated heterocycles. The largest absolute Gasteiger partial charge is 0.343 e.